The molecule has 2 N–H and O–H groups in total. The molecule has 0 spiro atoms. The summed E-state index contributed by atoms with van der Waals surface area (Å²) < 4.78 is 1.28. The maximum Gasteiger partial charge on any atom is 0.261 e. The number of aromatic nitrogens is 3. The number of carbonyl (C=O) groups is 2. The van der Waals surface area contributed by atoms with E-state index in [4.69, 9.17) is 0 Å². The predicted molar refractivity (Wildman–Crippen MR) is 126 cm³/mol. The number of benzene rings is 2. The van der Waals surface area contributed by atoms with E-state index in [0.717, 1.165) is 17.7 Å². The number of amides is 2. The Balaban J connectivity index is 1.41. The molecule has 0 fully saturated rings. The van der Waals surface area contributed by atoms with E-state index in [1.54, 1.807) is 18.2 Å². The molecule has 0 bridgehead atoms. The Hall–Kier alpha value is -3.85. The molecule has 0 aliphatic carbocycles. The Morgan fingerprint density at radius 3 is 2.59 bits per heavy atom. The number of rotatable bonds is 7. The molecule has 9 heteroatoms. The molecule has 2 aromatic heterocycles. The van der Waals surface area contributed by atoms with Gasteiger partial charge in [0.1, 0.15) is 6.54 Å². The van der Waals surface area contributed by atoms with Gasteiger partial charge in [-0.3, -0.25) is 19.0 Å². The van der Waals surface area contributed by atoms with Crippen LogP contribution in [0, 0.1) is 0 Å². The Morgan fingerprint density at radius 1 is 1.03 bits per heavy atom. The summed E-state index contributed by atoms with van der Waals surface area (Å²) in [5, 5.41) is 8.32. The summed E-state index contributed by atoms with van der Waals surface area (Å²) in [6.45, 7) is 1.80. The summed E-state index contributed by atoms with van der Waals surface area (Å²) in [6, 6.07) is 14.4. The monoisotopic (exact) mass is 447 g/mol. The van der Waals surface area contributed by atoms with Gasteiger partial charge < -0.3 is 10.6 Å². The van der Waals surface area contributed by atoms with Gasteiger partial charge in [0.05, 0.1) is 22.9 Å². The zero-order valence-electron chi connectivity index (χ0n) is 17.4. The van der Waals surface area contributed by atoms with Crippen LogP contribution in [-0.4, -0.2) is 26.3 Å². The van der Waals surface area contributed by atoms with Crippen molar-refractivity contribution in [3.63, 3.8) is 0 Å². The molecule has 32 heavy (non-hydrogen) atoms. The lowest BCUT2D eigenvalue weighted by Crippen LogP contribution is -2.27. The lowest BCUT2D eigenvalue weighted by molar-refractivity contribution is -0.117. The van der Waals surface area contributed by atoms with Gasteiger partial charge in [0.15, 0.2) is 5.13 Å². The molecule has 0 saturated carbocycles. The van der Waals surface area contributed by atoms with Crippen LogP contribution in [0.5, 0.6) is 0 Å². The molecule has 4 rings (SSSR count). The van der Waals surface area contributed by atoms with Crippen molar-refractivity contribution in [1.82, 2.24) is 14.5 Å². The molecule has 2 aromatic carbocycles. The van der Waals surface area contributed by atoms with Gasteiger partial charge in [-0.25, -0.2) is 9.97 Å². The van der Waals surface area contributed by atoms with Crippen LogP contribution in [0.25, 0.3) is 22.2 Å². The van der Waals surface area contributed by atoms with Crippen LogP contribution < -0.4 is 16.2 Å². The van der Waals surface area contributed by atoms with E-state index in [-0.39, 0.29) is 23.9 Å². The van der Waals surface area contributed by atoms with Crippen molar-refractivity contribution in [2.45, 2.75) is 26.3 Å². The van der Waals surface area contributed by atoms with Crippen molar-refractivity contribution in [3.8, 4) is 11.3 Å². The molecule has 0 unspecified atom stereocenters. The summed E-state index contributed by atoms with van der Waals surface area (Å²) in [7, 11) is 0. The minimum absolute atomic E-state index is 0.0142. The molecule has 0 aliphatic heterocycles. The van der Waals surface area contributed by atoms with Gasteiger partial charge in [0.25, 0.3) is 5.56 Å². The third kappa shape index (κ3) is 4.89. The first-order valence-electron chi connectivity index (χ1n) is 10.1. The van der Waals surface area contributed by atoms with Gasteiger partial charge in [-0.1, -0.05) is 31.2 Å². The van der Waals surface area contributed by atoms with Crippen LogP contribution in [0.15, 0.2) is 65.0 Å². The second-order valence-corrected chi connectivity index (χ2v) is 8.01. The predicted octanol–water partition coefficient (Wildman–Crippen LogP) is 3.90. The number of anilines is 2. The first-order valence-corrected chi connectivity index (χ1v) is 11.0. The summed E-state index contributed by atoms with van der Waals surface area (Å²) in [5.74, 6) is -0.376. The molecule has 162 valence electrons. The Labute approximate surface area is 188 Å². The Kier molecular flexibility index (Phi) is 6.37. The van der Waals surface area contributed by atoms with Gasteiger partial charge in [0.2, 0.25) is 11.8 Å². The molecular weight excluding hydrogens is 426 g/mol. The highest BCUT2D eigenvalue weighted by atomic mass is 32.1. The van der Waals surface area contributed by atoms with Crippen LogP contribution in [0.2, 0.25) is 0 Å². The summed E-state index contributed by atoms with van der Waals surface area (Å²) in [5.41, 5.74) is 2.63. The standard InChI is InChI=1S/C23H21N5O3S/c1-2-5-20(29)25-16-10-8-15(9-11-16)19-13-32-23(26-19)27-21(30)12-28-14-24-18-7-4-3-6-17(18)22(28)31/h3-4,6-11,13-14H,2,5,12H2,1H3,(H,25,29)(H,26,27,30). The van der Waals surface area contributed by atoms with Crippen molar-refractivity contribution in [2.75, 3.05) is 10.6 Å². The van der Waals surface area contributed by atoms with Crippen molar-refractivity contribution in [3.05, 3.63) is 70.6 Å². The van der Waals surface area contributed by atoms with Gasteiger partial charge in [0, 0.05) is 23.1 Å². The van der Waals surface area contributed by atoms with E-state index in [1.807, 2.05) is 42.6 Å². The highest BCUT2D eigenvalue weighted by Crippen LogP contribution is 2.26. The van der Waals surface area contributed by atoms with E-state index in [1.165, 1.54) is 22.2 Å². The Morgan fingerprint density at radius 2 is 1.81 bits per heavy atom. The van der Waals surface area contributed by atoms with Gasteiger partial charge in [-0.15, -0.1) is 11.3 Å². The fraction of sp³-hybridized carbons (Fsp3) is 0.174. The van der Waals surface area contributed by atoms with E-state index in [0.29, 0.717) is 28.1 Å². The van der Waals surface area contributed by atoms with E-state index < -0.39 is 0 Å². The van der Waals surface area contributed by atoms with Gasteiger partial charge in [-0.2, -0.15) is 0 Å². The number of hydrogen-bond acceptors (Lipinski definition) is 6. The van der Waals surface area contributed by atoms with Gasteiger partial charge >= 0.3 is 0 Å². The fourth-order valence-corrected chi connectivity index (χ4v) is 3.91. The van der Waals surface area contributed by atoms with E-state index >= 15 is 0 Å². The molecule has 0 atom stereocenters. The maximum atomic E-state index is 12.5. The number of carbonyl (C=O) groups excluding carboxylic acids is 2. The smallest absolute Gasteiger partial charge is 0.261 e. The quantitative estimate of drug-likeness (QED) is 0.447. The average molecular weight is 448 g/mol. The third-order valence-corrected chi connectivity index (χ3v) is 5.50. The molecule has 0 radical (unpaired) electrons. The van der Waals surface area contributed by atoms with E-state index in [9.17, 15) is 14.4 Å². The fourth-order valence-electron chi connectivity index (χ4n) is 3.17. The summed E-state index contributed by atoms with van der Waals surface area (Å²) in [6.07, 6.45) is 2.65. The number of fused-ring (bicyclic) bond motifs is 1. The highest BCUT2D eigenvalue weighted by Gasteiger charge is 2.11. The largest absolute Gasteiger partial charge is 0.326 e. The second kappa shape index (κ2) is 9.52. The molecule has 8 nitrogen and oxygen atoms in total. The average Bonchev–Trinajstić information content (AvgIpc) is 3.25. The second-order valence-electron chi connectivity index (χ2n) is 7.16. The maximum absolute atomic E-state index is 12.5. The van der Waals surface area contributed by atoms with Crippen LogP contribution in [0.4, 0.5) is 10.8 Å². The first kappa shape index (κ1) is 21.4. The number of nitrogens with one attached hydrogen (secondary N) is 2. The SMILES string of the molecule is CCCC(=O)Nc1ccc(-c2csc(NC(=O)Cn3cnc4ccccc4c3=O)n2)cc1. The minimum Gasteiger partial charge on any atom is -0.326 e. The summed E-state index contributed by atoms with van der Waals surface area (Å²) >= 11 is 1.30. The number of thiazole rings is 1. The normalized spacial score (nSPS) is 10.8. The zero-order chi connectivity index (χ0) is 22.5. The van der Waals surface area contributed by atoms with Crippen LogP contribution in [-0.2, 0) is 16.1 Å². The van der Waals surface area contributed by atoms with Crippen LogP contribution in [0.3, 0.4) is 0 Å². The lowest BCUT2D eigenvalue weighted by atomic mass is 10.1. The summed E-state index contributed by atoms with van der Waals surface area (Å²) in [4.78, 5) is 45.4. The lowest BCUT2D eigenvalue weighted by Gasteiger charge is -2.06. The number of para-hydroxylation sites is 1. The third-order valence-electron chi connectivity index (χ3n) is 4.74. The highest BCUT2D eigenvalue weighted by molar-refractivity contribution is 7.14. The van der Waals surface area contributed by atoms with E-state index in [2.05, 4.69) is 20.6 Å². The molecule has 4 aromatic rings. The van der Waals surface area contributed by atoms with Gasteiger partial charge in [-0.05, 0) is 30.7 Å². The molecular formula is C23H21N5O3S. The minimum atomic E-state index is -0.362. The van der Waals surface area contributed by atoms with Crippen molar-refractivity contribution < 1.29 is 9.59 Å². The molecule has 2 amide bonds. The van der Waals surface area contributed by atoms with Crippen LogP contribution in [0.1, 0.15) is 19.8 Å². The van der Waals surface area contributed by atoms with Crippen LogP contribution >= 0.6 is 11.3 Å². The Bertz CT molecular complexity index is 1330. The van der Waals surface area contributed by atoms with Crippen molar-refractivity contribution in [2.24, 2.45) is 0 Å². The number of nitrogens with zero attached hydrogens (tertiary/aromatic N) is 3. The molecule has 2 heterocycles. The topological polar surface area (TPSA) is 106 Å². The number of hydrogen-bond donors (Lipinski definition) is 2. The molecule has 0 aliphatic rings. The molecule has 0 saturated heterocycles. The zero-order valence-corrected chi connectivity index (χ0v) is 18.2. The first-order chi connectivity index (χ1) is 15.5. The van der Waals surface area contributed by atoms with Crippen molar-refractivity contribution >= 4 is 44.9 Å². The van der Waals surface area contributed by atoms with Crippen molar-refractivity contribution in [1.29, 1.82) is 0 Å².